The van der Waals surface area contributed by atoms with Gasteiger partial charge in [-0.15, -0.1) is 0 Å². The first kappa shape index (κ1) is 11.7. The second kappa shape index (κ2) is 5.52. The highest BCUT2D eigenvalue weighted by atomic mass is 15.1. The summed E-state index contributed by atoms with van der Waals surface area (Å²) >= 11 is 0. The number of nitrogens with zero attached hydrogens (tertiary/aromatic N) is 2. The molecule has 82 valence electrons. The van der Waals surface area contributed by atoms with E-state index in [1.165, 1.54) is 25.9 Å². The van der Waals surface area contributed by atoms with Gasteiger partial charge >= 0.3 is 0 Å². The van der Waals surface area contributed by atoms with E-state index >= 15 is 0 Å². The Balaban J connectivity index is 2.47. The molecule has 2 heteroatoms. The van der Waals surface area contributed by atoms with Crippen LogP contribution in [0.4, 0.5) is 0 Å². The molecular formula is C12H24N2. The Labute approximate surface area is 88.6 Å². The molecule has 2 atom stereocenters. The van der Waals surface area contributed by atoms with Crippen LogP contribution in [0.25, 0.3) is 0 Å². The largest absolute Gasteiger partial charge is 0.309 e. The van der Waals surface area contributed by atoms with Crippen molar-refractivity contribution in [2.45, 2.75) is 12.8 Å². The molecule has 1 rings (SSSR count). The zero-order chi connectivity index (χ0) is 10.6. The van der Waals surface area contributed by atoms with Gasteiger partial charge in [0.2, 0.25) is 0 Å². The minimum atomic E-state index is 0.845. The van der Waals surface area contributed by atoms with Crippen molar-refractivity contribution >= 4 is 0 Å². The highest BCUT2D eigenvalue weighted by Gasteiger charge is 2.23. The molecule has 0 N–H and O–H groups in total. The third-order valence-corrected chi connectivity index (χ3v) is 2.91. The summed E-state index contributed by atoms with van der Waals surface area (Å²) in [7, 11) is 8.69. The maximum atomic E-state index is 2.35. The Morgan fingerprint density at radius 2 is 1.21 bits per heavy atom. The lowest BCUT2D eigenvalue weighted by molar-refractivity contribution is 0.197. The van der Waals surface area contributed by atoms with Gasteiger partial charge in [0.15, 0.2) is 0 Å². The molecule has 0 aromatic carbocycles. The van der Waals surface area contributed by atoms with Crippen LogP contribution >= 0.6 is 0 Å². The molecule has 0 aliphatic heterocycles. The lowest BCUT2D eigenvalue weighted by atomic mass is 9.82. The van der Waals surface area contributed by atoms with Crippen molar-refractivity contribution in [1.82, 2.24) is 9.80 Å². The predicted octanol–water partition coefficient (Wildman–Crippen LogP) is 1.69. The van der Waals surface area contributed by atoms with Crippen molar-refractivity contribution in [3.8, 4) is 0 Å². The minimum absolute atomic E-state index is 0.845. The summed E-state index contributed by atoms with van der Waals surface area (Å²) in [6.07, 6.45) is 7.22. The number of allylic oxidation sites excluding steroid dienone is 2. The molecule has 0 radical (unpaired) electrons. The summed E-state index contributed by atoms with van der Waals surface area (Å²) in [6.45, 7) is 2.45. The Bertz CT molecular complexity index is 165. The molecule has 0 aromatic rings. The number of hydrogen-bond acceptors (Lipinski definition) is 2. The second-order valence-electron chi connectivity index (χ2n) is 4.99. The zero-order valence-corrected chi connectivity index (χ0v) is 10.0. The fourth-order valence-corrected chi connectivity index (χ4v) is 2.31. The quantitative estimate of drug-likeness (QED) is 0.631. The molecule has 14 heavy (non-hydrogen) atoms. The van der Waals surface area contributed by atoms with Crippen LogP contribution in [0.3, 0.4) is 0 Å². The van der Waals surface area contributed by atoms with E-state index in [9.17, 15) is 0 Å². The Hall–Kier alpha value is -0.340. The molecule has 0 spiro atoms. The van der Waals surface area contributed by atoms with Crippen LogP contribution in [0.2, 0.25) is 0 Å². The van der Waals surface area contributed by atoms with Crippen LogP contribution < -0.4 is 0 Å². The number of hydrogen-bond donors (Lipinski definition) is 0. The van der Waals surface area contributed by atoms with Gasteiger partial charge in [-0.2, -0.15) is 0 Å². The first-order chi connectivity index (χ1) is 6.59. The van der Waals surface area contributed by atoms with Crippen LogP contribution in [0, 0.1) is 11.8 Å². The van der Waals surface area contributed by atoms with E-state index in [0.717, 1.165) is 11.8 Å². The highest BCUT2D eigenvalue weighted by Crippen LogP contribution is 2.26. The molecule has 0 fully saturated rings. The van der Waals surface area contributed by atoms with Crippen molar-refractivity contribution in [3.05, 3.63) is 12.2 Å². The zero-order valence-electron chi connectivity index (χ0n) is 10.0. The monoisotopic (exact) mass is 196 g/mol. The van der Waals surface area contributed by atoms with Crippen molar-refractivity contribution in [1.29, 1.82) is 0 Å². The summed E-state index contributed by atoms with van der Waals surface area (Å²) in [5.41, 5.74) is 0. The Morgan fingerprint density at radius 1 is 0.857 bits per heavy atom. The summed E-state index contributed by atoms with van der Waals surface area (Å²) in [5.74, 6) is 1.69. The van der Waals surface area contributed by atoms with Crippen molar-refractivity contribution in [3.63, 3.8) is 0 Å². The summed E-state index contributed by atoms with van der Waals surface area (Å²) < 4.78 is 0. The molecule has 0 amide bonds. The van der Waals surface area contributed by atoms with Gasteiger partial charge in [-0.1, -0.05) is 12.2 Å². The standard InChI is InChI=1S/C12H24N2/c1-13(2)9-11-7-5-6-8-12(11)10-14(3)4/h5-6,11-12H,7-10H2,1-4H3. The van der Waals surface area contributed by atoms with E-state index in [0.29, 0.717) is 0 Å². The molecule has 0 bridgehead atoms. The van der Waals surface area contributed by atoms with Gasteiger partial charge in [-0.05, 0) is 52.9 Å². The van der Waals surface area contributed by atoms with Crippen LogP contribution in [0.15, 0.2) is 12.2 Å². The average Bonchev–Trinajstić information content (AvgIpc) is 2.06. The molecule has 2 unspecified atom stereocenters. The lowest BCUT2D eigenvalue weighted by Crippen LogP contribution is -2.34. The van der Waals surface area contributed by atoms with Crippen molar-refractivity contribution in [2.24, 2.45) is 11.8 Å². The molecule has 0 saturated carbocycles. The highest BCUT2D eigenvalue weighted by molar-refractivity contribution is 4.95. The van der Waals surface area contributed by atoms with Crippen LogP contribution in [-0.2, 0) is 0 Å². The van der Waals surface area contributed by atoms with Gasteiger partial charge in [-0.3, -0.25) is 0 Å². The van der Waals surface area contributed by atoms with Crippen LogP contribution in [0.1, 0.15) is 12.8 Å². The van der Waals surface area contributed by atoms with E-state index in [2.05, 4.69) is 50.1 Å². The predicted molar refractivity (Wildman–Crippen MR) is 62.5 cm³/mol. The molecule has 1 aliphatic rings. The molecular weight excluding hydrogens is 172 g/mol. The average molecular weight is 196 g/mol. The van der Waals surface area contributed by atoms with E-state index in [4.69, 9.17) is 0 Å². The van der Waals surface area contributed by atoms with E-state index in [1.54, 1.807) is 0 Å². The Kier molecular flexibility index (Phi) is 4.63. The summed E-state index contributed by atoms with van der Waals surface area (Å²) in [6, 6.07) is 0. The number of rotatable bonds is 4. The van der Waals surface area contributed by atoms with Crippen molar-refractivity contribution in [2.75, 3.05) is 41.3 Å². The van der Waals surface area contributed by atoms with Gasteiger partial charge in [0.1, 0.15) is 0 Å². The van der Waals surface area contributed by atoms with E-state index in [-0.39, 0.29) is 0 Å². The maximum Gasteiger partial charge on any atom is 0.000976 e. The molecule has 0 saturated heterocycles. The van der Waals surface area contributed by atoms with Gasteiger partial charge in [-0.25, -0.2) is 0 Å². The summed E-state index contributed by atoms with van der Waals surface area (Å²) in [4.78, 5) is 4.62. The van der Waals surface area contributed by atoms with E-state index in [1.807, 2.05) is 0 Å². The van der Waals surface area contributed by atoms with Crippen LogP contribution in [0.5, 0.6) is 0 Å². The maximum absolute atomic E-state index is 2.35. The topological polar surface area (TPSA) is 6.48 Å². The lowest BCUT2D eigenvalue weighted by Gasteiger charge is -2.32. The van der Waals surface area contributed by atoms with Gasteiger partial charge < -0.3 is 9.80 Å². The van der Waals surface area contributed by atoms with Gasteiger partial charge in [0.25, 0.3) is 0 Å². The SMILES string of the molecule is CN(C)CC1CC=CCC1CN(C)C. The third-order valence-electron chi connectivity index (χ3n) is 2.91. The first-order valence-electron chi connectivity index (χ1n) is 5.54. The first-order valence-corrected chi connectivity index (χ1v) is 5.54. The molecule has 0 aromatic heterocycles. The third kappa shape index (κ3) is 3.81. The molecule has 2 nitrogen and oxygen atoms in total. The molecule has 1 aliphatic carbocycles. The fourth-order valence-electron chi connectivity index (χ4n) is 2.31. The summed E-state index contributed by atoms with van der Waals surface area (Å²) in [5, 5.41) is 0. The second-order valence-corrected chi connectivity index (χ2v) is 4.99. The fraction of sp³-hybridized carbons (Fsp3) is 0.833. The Morgan fingerprint density at radius 3 is 1.50 bits per heavy atom. The van der Waals surface area contributed by atoms with Crippen LogP contribution in [-0.4, -0.2) is 51.1 Å². The van der Waals surface area contributed by atoms with Gasteiger partial charge in [0.05, 0.1) is 0 Å². The smallest absolute Gasteiger partial charge is 0.000976 e. The van der Waals surface area contributed by atoms with E-state index < -0.39 is 0 Å². The minimum Gasteiger partial charge on any atom is -0.309 e. The normalized spacial score (nSPS) is 27.6. The van der Waals surface area contributed by atoms with Crippen molar-refractivity contribution < 1.29 is 0 Å². The van der Waals surface area contributed by atoms with Gasteiger partial charge in [0, 0.05) is 13.1 Å². The molecule has 0 heterocycles.